The Kier molecular flexibility index (Phi) is 6.19. The number of benzene rings is 2. The van der Waals surface area contributed by atoms with Crippen molar-refractivity contribution in [1.29, 1.82) is 0 Å². The number of rotatable bonds is 6. The van der Waals surface area contributed by atoms with E-state index in [1.165, 1.54) is 11.3 Å². The summed E-state index contributed by atoms with van der Waals surface area (Å²) in [5, 5.41) is 19.6. The molecular weight excluding hydrogens is 432 g/mol. The number of amides is 1. The molecule has 0 aliphatic rings. The van der Waals surface area contributed by atoms with Gasteiger partial charge in [-0.2, -0.15) is 9.61 Å². The molecule has 4 aromatic rings. The first-order valence-corrected chi connectivity index (χ1v) is 11.0. The first-order valence-electron chi connectivity index (χ1n) is 9.74. The summed E-state index contributed by atoms with van der Waals surface area (Å²) in [6, 6.07) is 14.5. The van der Waals surface area contributed by atoms with Crippen LogP contribution in [0.3, 0.4) is 0 Å². The van der Waals surface area contributed by atoms with Gasteiger partial charge < -0.3 is 10.1 Å². The highest BCUT2D eigenvalue weighted by Crippen LogP contribution is 2.26. The number of aromatic nitrogens is 4. The summed E-state index contributed by atoms with van der Waals surface area (Å²) in [7, 11) is 0. The van der Waals surface area contributed by atoms with Crippen molar-refractivity contribution in [3.8, 4) is 16.3 Å². The van der Waals surface area contributed by atoms with E-state index in [0.717, 1.165) is 39.2 Å². The summed E-state index contributed by atoms with van der Waals surface area (Å²) < 4.78 is 7.16. The molecule has 2 N–H and O–H groups in total. The van der Waals surface area contributed by atoms with Gasteiger partial charge in [-0.25, -0.2) is 0 Å². The lowest BCUT2D eigenvalue weighted by atomic mass is 10.2. The van der Waals surface area contributed by atoms with Gasteiger partial charge in [0.25, 0.3) is 5.91 Å². The van der Waals surface area contributed by atoms with Crippen LogP contribution in [-0.4, -0.2) is 37.4 Å². The van der Waals surface area contributed by atoms with Crippen molar-refractivity contribution in [1.82, 2.24) is 25.1 Å². The number of anilines is 1. The molecule has 0 bridgehead atoms. The van der Waals surface area contributed by atoms with Crippen molar-refractivity contribution in [2.75, 3.05) is 11.9 Å². The van der Waals surface area contributed by atoms with Gasteiger partial charge in [0.2, 0.25) is 4.96 Å². The van der Waals surface area contributed by atoms with E-state index in [2.05, 4.69) is 25.9 Å². The number of carbonyl (C=O) groups is 1. The lowest BCUT2D eigenvalue weighted by Crippen LogP contribution is -2.34. The number of hydrogen-bond acceptors (Lipinski definition) is 7. The Labute approximate surface area is 188 Å². The molecule has 31 heavy (non-hydrogen) atoms. The maximum Gasteiger partial charge on any atom is 0.257 e. The quantitative estimate of drug-likeness (QED) is 0.428. The third kappa shape index (κ3) is 4.70. The molecule has 2 aromatic heterocycles. The molecular formula is C21H20N6O2S2. The lowest BCUT2D eigenvalue weighted by Gasteiger charge is -2.10. The maximum absolute atomic E-state index is 12.4. The molecule has 158 valence electrons. The summed E-state index contributed by atoms with van der Waals surface area (Å²) >= 11 is 6.75. The van der Waals surface area contributed by atoms with Gasteiger partial charge in [0.15, 0.2) is 10.9 Å². The molecule has 0 aliphatic carbocycles. The molecule has 10 heteroatoms. The van der Waals surface area contributed by atoms with Crippen LogP contribution < -0.4 is 15.4 Å². The standard InChI is InChI=1S/C21H20N6O2S2/c1-3-17-24-25-21-27(17)26-19(31-21)14-5-9-15(10-6-14)22-20(30)23-18(28)13-7-11-16(12-8-13)29-4-2/h5-12H,3-4H2,1-2H3,(H2,22,23,28,30). The number of thiocarbonyl (C=S) groups is 1. The predicted molar refractivity (Wildman–Crippen MR) is 125 cm³/mol. The average Bonchev–Trinajstić information content (AvgIpc) is 3.35. The second-order valence-corrected chi connectivity index (χ2v) is 7.88. The molecule has 0 radical (unpaired) electrons. The zero-order valence-corrected chi connectivity index (χ0v) is 18.6. The van der Waals surface area contributed by atoms with Crippen LogP contribution in [0, 0.1) is 0 Å². The van der Waals surface area contributed by atoms with E-state index in [1.807, 2.05) is 38.1 Å². The zero-order valence-electron chi connectivity index (χ0n) is 17.0. The van der Waals surface area contributed by atoms with Crippen LogP contribution in [0.4, 0.5) is 5.69 Å². The second-order valence-electron chi connectivity index (χ2n) is 6.51. The van der Waals surface area contributed by atoms with E-state index >= 15 is 0 Å². The smallest absolute Gasteiger partial charge is 0.257 e. The number of hydrogen-bond donors (Lipinski definition) is 2. The van der Waals surface area contributed by atoms with E-state index in [4.69, 9.17) is 17.0 Å². The highest BCUT2D eigenvalue weighted by molar-refractivity contribution is 7.80. The molecule has 1 amide bonds. The molecule has 2 heterocycles. The number of ether oxygens (including phenoxy) is 1. The first-order chi connectivity index (χ1) is 15.1. The van der Waals surface area contributed by atoms with Crippen LogP contribution in [-0.2, 0) is 6.42 Å². The Morgan fingerprint density at radius 2 is 1.84 bits per heavy atom. The topological polar surface area (TPSA) is 93.4 Å². The van der Waals surface area contributed by atoms with Gasteiger partial charge in [0.05, 0.1) is 6.61 Å². The normalized spacial score (nSPS) is 10.8. The average molecular weight is 453 g/mol. The fourth-order valence-corrected chi connectivity index (χ4v) is 3.97. The Hall–Kier alpha value is -3.37. The van der Waals surface area contributed by atoms with E-state index in [-0.39, 0.29) is 11.0 Å². The minimum absolute atomic E-state index is 0.220. The van der Waals surface area contributed by atoms with Crippen LogP contribution in [0.2, 0.25) is 0 Å². The predicted octanol–water partition coefficient (Wildman–Crippen LogP) is 3.94. The lowest BCUT2D eigenvalue weighted by molar-refractivity contribution is 0.0977. The number of fused-ring (bicyclic) bond motifs is 1. The summed E-state index contributed by atoms with van der Waals surface area (Å²) in [5.41, 5.74) is 2.23. The minimum atomic E-state index is -0.288. The monoisotopic (exact) mass is 452 g/mol. The van der Waals surface area contributed by atoms with Crippen LogP contribution in [0.5, 0.6) is 5.75 Å². The van der Waals surface area contributed by atoms with E-state index in [9.17, 15) is 4.79 Å². The molecule has 4 rings (SSSR count). The van der Waals surface area contributed by atoms with Crippen LogP contribution in [0.25, 0.3) is 15.5 Å². The second kappa shape index (κ2) is 9.19. The van der Waals surface area contributed by atoms with Crippen molar-refractivity contribution < 1.29 is 9.53 Å². The van der Waals surface area contributed by atoms with Crippen LogP contribution in [0.1, 0.15) is 30.0 Å². The zero-order chi connectivity index (χ0) is 21.8. The van der Waals surface area contributed by atoms with Crippen molar-refractivity contribution in [2.45, 2.75) is 20.3 Å². The van der Waals surface area contributed by atoms with Gasteiger partial charge in [-0.15, -0.1) is 10.2 Å². The van der Waals surface area contributed by atoms with Gasteiger partial charge in [0, 0.05) is 23.2 Å². The van der Waals surface area contributed by atoms with E-state index in [1.54, 1.807) is 28.8 Å². The van der Waals surface area contributed by atoms with Crippen molar-refractivity contribution in [3.63, 3.8) is 0 Å². The highest BCUT2D eigenvalue weighted by atomic mass is 32.1. The summed E-state index contributed by atoms with van der Waals surface area (Å²) in [5.74, 6) is 1.27. The molecule has 0 saturated heterocycles. The third-order valence-electron chi connectivity index (χ3n) is 4.42. The molecule has 0 unspecified atom stereocenters. The van der Waals surface area contributed by atoms with Gasteiger partial charge >= 0.3 is 0 Å². The van der Waals surface area contributed by atoms with E-state index in [0.29, 0.717) is 12.2 Å². The number of nitrogens with zero attached hydrogens (tertiary/aromatic N) is 4. The Morgan fingerprint density at radius 1 is 1.10 bits per heavy atom. The molecule has 0 atom stereocenters. The number of carbonyl (C=O) groups excluding carboxylic acids is 1. The first kappa shape index (κ1) is 20.9. The molecule has 0 fully saturated rings. The minimum Gasteiger partial charge on any atom is -0.494 e. The van der Waals surface area contributed by atoms with Crippen LogP contribution in [0.15, 0.2) is 48.5 Å². The van der Waals surface area contributed by atoms with Gasteiger partial charge in [-0.1, -0.05) is 18.3 Å². The number of aryl methyl sites for hydroxylation is 1. The molecule has 0 spiro atoms. The molecule has 0 aliphatic heterocycles. The van der Waals surface area contributed by atoms with Crippen molar-refractivity contribution >= 4 is 45.2 Å². The number of nitrogens with one attached hydrogen (secondary N) is 2. The Balaban J connectivity index is 1.38. The maximum atomic E-state index is 12.4. The van der Waals surface area contributed by atoms with Crippen LogP contribution >= 0.6 is 23.6 Å². The summed E-state index contributed by atoms with van der Waals surface area (Å²) in [6.45, 7) is 4.51. The fourth-order valence-electron chi connectivity index (χ4n) is 2.90. The third-order valence-corrected chi connectivity index (χ3v) is 5.57. The molecule has 2 aromatic carbocycles. The fraction of sp³-hybridized carbons (Fsp3) is 0.190. The Bertz CT molecular complexity index is 1220. The summed E-state index contributed by atoms with van der Waals surface area (Å²) in [4.78, 5) is 13.1. The van der Waals surface area contributed by atoms with Crippen molar-refractivity contribution in [3.05, 3.63) is 59.9 Å². The van der Waals surface area contributed by atoms with Gasteiger partial charge in [-0.3, -0.25) is 10.1 Å². The van der Waals surface area contributed by atoms with E-state index < -0.39 is 0 Å². The van der Waals surface area contributed by atoms with Gasteiger partial charge in [-0.05, 0) is 67.7 Å². The SMILES string of the molecule is CCOc1ccc(C(=O)NC(=S)Nc2ccc(-c3nn4c(CC)nnc4s3)cc2)cc1. The van der Waals surface area contributed by atoms with Gasteiger partial charge in [0.1, 0.15) is 10.8 Å². The highest BCUT2D eigenvalue weighted by Gasteiger charge is 2.12. The largest absolute Gasteiger partial charge is 0.494 e. The molecule has 8 nitrogen and oxygen atoms in total. The van der Waals surface area contributed by atoms with Crippen molar-refractivity contribution in [2.24, 2.45) is 0 Å². The Morgan fingerprint density at radius 3 is 2.52 bits per heavy atom. The molecule has 0 saturated carbocycles. The summed E-state index contributed by atoms with van der Waals surface area (Å²) in [6.07, 6.45) is 0.771.